The van der Waals surface area contributed by atoms with Crippen LogP contribution in [0.25, 0.3) is 0 Å². The number of unbranched alkanes of at least 4 members (excludes halogenated alkanes) is 1. The third-order valence-corrected chi connectivity index (χ3v) is 12.7. The number of benzene rings is 3. The fraction of sp³-hybridized carbons (Fsp3) is 0.465. The first kappa shape index (κ1) is 39.8. The Hall–Kier alpha value is -3.43. The molecule has 2 aliphatic rings. The molecule has 52 heavy (non-hydrogen) atoms. The van der Waals surface area contributed by atoms with Gasteiger partial charge in [-0.25, -0.2) is 4.21 Å². The van der Waals surface area contributed by atoms with E-state index < -0.39 is 21.7 Å². The number of anilines is 1. The second-order valence-corrected chi connectivity index (χ2v) is 17.5. The summed E-state index contributed by atoms with van der Waals surface area (Å²) in [4.78, 5) is 27.7. The molecule has 2 fully saturated rings. The Bertz CT molecular complexity index is 1830. The number of nitrogens with zero attached hydrogens (tertiary/aromatic N) is 1. The number of carbonyl (C=O) groups is 2. The van der Waals surface area contributed by atoms with Crippen LogP contribution in [0.4, 0.5) is 5.69 Å². The van der Waals surface area contributed by atoms with Crippen LogP contribution in [0.2, 0.25) is 5.02 Å². The van der Waals surface area contributed by atoms with E-state index in [1.54, 1.807) is 7.11 Å². The van der Waals surface area contributed by atoms with Gasteiger partial charge in [-0.05, 0) is 95.7 Å². The van der Waals surface area contributed by atoms with Gasteiger partial charge in [0.2, 0.25) is 0 Å². The van der Waals surface area contributed by atoms with Crippen molar-refractivity contribution in [3.8, 4) is 0 Å². The standard InChI is InChI=1S/C43H55ClN2O5S/c1-6-8-17-32-24-35(44)22-21-34(32)27-46(36-19-13-18-33(25-36)38(47)7-2)29-43-26-37(43)41(43)40(51-4)20-12-14-30(3)28-52(5,50)45-42(49)39(48)23-31-15-10-9-11-16-31/h9-13,15-16,18-22,24-25,30,37,39-41,48H,5-8,14,17,23,26-29H2,1-4H3,(H,45,49,50)/b20-12+/t30-,37?,39+,40-,41-,43+,52?/m0/s1. The summed E-state index contributed by atoms with van der Waals surface area (Å²) in [6, 6.07) is 23.5. The number of carbonyl (C=O) groups excluding carboxylic acids is 2. The largest absolute Gasteiger partial charge is 0.383 e. The Labute approximate surface area is 315 Å². The molecule has 5 rings (SSSR count). The number of Topliss-reactive ketones (excluding diaryl/α,β-unsaturated/α-hetero) is 1. The predicted molar refractivity (Wildman–Crippen MR) is 214 cm³/mol. The smallest absolute Gasteiger partial charge is 0.260 e. The molecular weight excluding hydrogens is 692 g/mol. The maximum absolute atomic E-state index is 13.2. The number of hydrogen-bond donors (Lipinski definition) is 2. The number of aryl methyl sites for hydroxylation is 1. The first-order valence-electron chi connectivity index (χ1n) is 18.6. The van der Waals surface area contributed by atoms with Crippen LogP contribution in [0.3, 0.4) is 0 Å². The summed E-state index contributed by atoms with van der Waals surface area (Å²) in [6.07, 6.45) is 8.48. The van der Waals surface area contributed by atoms with E-state index in [1.807, 2.05) is 68.4 Å². The van der Waals surface area contributed by atoms with Crippen LogP contribution in [0.5, 0.6) is 0 Å². The van der Waals surface area contributed by atoms with Crippen molar-refractivity contribution in [2.75, 3.05) is 24.3 Å². The predicted octanol–water partition coefficient (Wildman–Crippen LogP) is 7.87. The second kappa shape index (κ2) is 17.6. The van der Waals surface area contributed by atoms with E-state index >= 15 is 0 Å². The lowest BCUT2D eigenvalue weighted by Gasteiger charge is -2.30. The van der Waals surface area contributed by atoms with Crippen molar-refractivity contribution in [3.63, 3.8) is 0 Å². The Morgan fingerprint density at radius 2 is 1.88 bits per heavy atom. The average Bonchev–Trinajstić information content (AvgIpc) is 4.00. The van der Waals surface area contributed by atoms with Gasteiger partial charge in [-0.3, -0.25) is 14.3 Å². The van der Waals surface area contributed by atoms with E-state index in [2.05, 4.69) is 52.8 Å². The normalized spacial score (nSPS) is 21.8. The van der Waals surface area contributed by atoms with E-state index in [1.165, 1.54) is 11.1 Å². The van der Waals surface area contributed by atoms with Gasteiger partial charge in [0.1, 0.15) is 6.10 Å². The Morgan fingerprint density at radius 1 is 1.12 bits per heavy atom. The average molecular weight is 747 g/mol. The van der Waals surface area contributed by atoms with Crippen LogP contribution < -0.4 is 9.62 Å². The lowest BCUT2D eigenvalue weighted by Crippen LogP contribution is -2.41. The van der Waals surface area contributed by atoms with E-state index in [0.29, 0.717) is 24.7 Å². The molecule has 0 heterocycles. The van der Waals surface area contributed by atoms with Crippen molar-refractivity contribution in [3.05, 3.63) is 112 Å². The van der Waals surface area contributed by atoms with Crippen LogP contribution >= 0.6 is 11.6 Å². The van der Waals surface area contributed by atoms with E-state index in [4.69, 9.17) is 16.3 Å². The molecule has 0 radical (unpaired) electrons. The molecule has 9 heteroatoms. The molecule has 0 spiro atoms. The molecule has 7 atom stereocenters. The van der Waals surface area contributed by atoms with Crippen LogP contribution in [-0.2, 0) is 38.6 Å². The third-order valence-electron chi connectivity index (χ3n) is 10.7. The summed E-state index contributed by atoms with van der Waals surface area (Å²) < 4.78 is 21.7. The molecule has 1 amide bonds. The molecule has 0 aromatic heterocycles. The van der Waals surface area contributed by atoms with Crippen LogP contribution in [0.1, 0.15) is 79.9 Å². The monoisotopic (exact) mass is 746 g/mol. The van der Waals surface area contributed by atoms with Gasteiger partial charge in [0.05, 0.1) is 6.10 Å². The summed E-state index contributed by atoms with van der Waals surface area (Å²) >= 11 is 6.45. The molecule has 3 aromatic carbocycles. The number of halogens is 1. The first-order chi connectivity index (χ1) is 24.9. The van der Waals surface area contributed by atoms with Gasteiger partial charge >= 0.3 is 0 Å². The number of ketones is 1. The molecular formula is C43H55ClN2O5S. The molecule has 0 saturated heterocycles. The summed E-state index contributed by atoms with van der Waals surface area (Å²) in [6.45, 7) is 7.69. The molecule has 2 N–H and O–H groups in total. The summed E-state index contributed by atoms with van der Waals surface area (Å²) in [5, 5.41) is 11.1. The number of allylic oxidation sites excluding steroid dienone is 1. The van der Waals surface area contributed by atoms with Gasteiger partial charge in [0, 0.05) is 64.8 Å². The number of rotatable bonds is 21. The number of amides is 1. The number of methoxy groups -OCH3 is 1. The second-order valence-electron chi connectivity index (χ2n) is 14.9. The van der Waals surface area contributed by atoms with Crippen molar-refractivity contribution < 1.29 is 23.6 Å². The van der Waals surface area contributed by atoms with Crippen molar-refractivity contribution in [2.45, 2.75) is 84.5 Å². The number of aliphatic hydroxyl groups excluding tert-OH is 1. The van der Waals surface area contributed by atoms with Crippen LogP contribution in [0.15, 0.2) is 84.9 Å². The first-order valence-corrected chi connectivity index (χ1v) is 20.9. The number of ether oxygens (including phenoxy) is 1. The molecule has 0 bridgehead atoms. The highest BCUT2D eigenvalue weighted by Gasteiger charge is 2.80. The zero-order chi connectivity index (χ0) is 37.5. The Kier molecular flexibility index (Phi) is 13.5. The highest BCUT2D eigenvalue weighted by atomic mass is 35.5. The zero-order valence-electron chi connectivity index (χ0n) is 31.1. The van der Waals surface area contributed by atoms with E-state index in [9.17, 15) is 18.9 Å². The summed E-state index contributed by atoms with van der Waals surface area (Å²) in [7, 11) is -1.18. The van der Waals surface area contributed by atoms with Crippen LogP contribution in [0, 0.1) is 23.2 Å². The molecule has 7 nitrogen and oxygen atoms in total. The van der Waals surface area contributed by atoms with Crippen LogP contribution in [-0.4, -0.2) is 58.5 Å². The number of fused-ring (bicyclic) bond motifs is 1. The summed E-state index contributed by atoms with van der Waals surface area (Å²) in [5.41, 5.74) is 5.30. The number of aliphatic hydroxyl groups is 1. The van der Waals surface area contributed by atoms with Gasteiger partial charge in [0.15, 0.2) is 5.78 Å². The lowest BCUT2D eigenvalue weighted by molar-refractivity contribution is -0.127. The minimum Gasteiger partial charge on any atom is -0.383 e. The van der Waals surface area contributed by atoms with Crippen molar-refractivity contribution in [2.24, 2.45) is 23.2 Å². The molecule has 280 valence electrons. The number of nitrogens with one attached hydrogen (secondary N) is 1. The van der Waals surface area contributed by atoms with E-state index in [-0.39, 0.29) is 35.4 Å². The third kappa shape index (κ3) is 10.2. The van der Waals surface area contributed by atoms with Gasteiger partial charge in [-0.15, -0.1) is 0 Å². The van der Waals surface area contributed by atoms with Gasteiger partial charge < -0.3 is 14.7 Å². The molecule has 3 aromatic rings. The van der Waals surface area contributed by atoms with Gasteiger partial charge in [0.25, 0.3) is 5.91 Å². The maximum Gasteiger partial charge on any atom is 0.260 e. The SMILES string of the molecule is C=S(=O)(C[C@@H](C)C/C=C/[C@H](OC)[C@@H]1C2C[C@@]21CN(Cc1ccc(Cl)cc1CCCC)c1cccc(C(=O)CC)c1)NC(=O)[C@H](O)Cc1ccccc1. The maximum atomic E-state index is 13.2. The van der Waals surface area contributed by atoms with Gasteiger partial charge in [-0.1, -0.05) is 99.5 Å². The molecule has 2 aliphatic carbocycles. The minimum absolute atomic E-state index is 0.0112. The summed E-state index contributed by atoms with van der Waals surface area (Å²) in [5.74, 6) is 4.41. The van der Waals surface area contributed by atoms with Crippen molar-refractivity contribution in [1.82, 2.24) is 4.72 Å². The van der Waals surface area contributed by atoms with Gasteiger partial charge in [-0.2, -0.15) is 0 Å². The minimum atomic E-state index is -2.93. The highest BCUT2D eigenvalue weighted by molar-refractivity contribution is 7.99. The Morgan fingerprint density at radius 3 is 2.58 bits per heavy atom. The quantitative estimate of drug-likeness (QED) is 0.0655. The fourth-order valence-corrected chi connectivity index (χ4v) is 9.51. The molecule has 0 aliphatic heterocycles. The topological polar surface area (TPSA) is 95.9 Å². The highest BCUT2D eigenvalue weighted by Crippen LogP contribution is 2.81. The van der Waals surface area contributed by atoms with Crippen molar-refractivity contribution >= 4 is 44.6 Å². The Balaban J connectivity index is 1.22. The molecule has 2 unspecified atom stereocenters. The number of hydrogen-bond acceptors (Lipinski definition) is 6. The lowest BCUT2D eigenvalue weighted by atomic mass is 9.96. The fourth-order valence-electron chi connectivity index (χ4n) is 7.68. The molecule has 2 saturated carbocycles. The van der Waals surface area contributed by atoms with E-state index in [0.717, 1.165) is 60.6 Å². The van der Waals surface area contributed by atoms with Crippen molar-refractivity contribution in [1.29, 1.82) is 0 Å². The zero-order valence-corrected chi connectivity index (χ0v) is 32.6.